The highest BCUT2D eigenvalue weighted by molar-refractivity contribution is 6.40. The van der Waals surface area contributed by atoms with E-state index in [1.807, 2.05) is 48.2 Å². The van der Waals surface area contributed by atoms with Crippen LogP contribution in [0.25, 0.3) is 6.08 Å². The van der Waals surface area contributed by atoms with Gasteiger partial charge in [-0.15, -0.1) is 0 Å². The van der Waals surface area contributed by atoms with E-state index in [0.717, 1.165) is 11.3 Å². The van der Waals surface area contributed by atoms with Gasteiger partial charge in [-0.05, 0) is 48.4 Å². The number of nitriles is 2. The Morgan fingerprint density at radius 2 is 1.72 bits per heavy atom. The van der Waals surface area contributed by atoms with E-state index >= 15 is 0 Å². The van der Waals surface area contributed by atoms with Crippen LogP contribution in [-0.4, -0.2) is 29.8 Å². The van der Waals surface area contributed by atoms with Crippen molar-refractivity contribution in [2.24, 2.45) is 4.99 Å². The Hall–Kier alpha value is -4.99. The van der Waals surface area contributed by atoms with E-state index in [9.17, 15) is 14.9 Å². The average molecular weight is 539 g/mol. The molecule has 1 heterocycles. The zero-order valence-electron chi connectivity index (χ0n) is 21.0. The highest BCUT2D eigenvalue weighted by atomic mass is 35.5. The van der Waals surface area contributed by atoms with Gasteiger partial charge in [0.15, 0.2) is 0 Å². The second-order valence-corrected chi connectivity index (χ2v) is 9.12. The number of rotatable bonds is 9. The summed E-state index contributed by atoms with van der Waals surface area (Å²) < 4.78 is 0. The predicted molar refractivity (Wildman–Crippen MR) is 150 cm³/mol. The number of benzene rings is 3. The Balaban J connectivity index is 1.75. The van der Waals surface area contributed by atoms with Gasteiger partial charge in [-0.3, -0.25) is 19.8 Å². The summed E-state index contributed by atoms with van der Waals surface area (Å²) in [6.45, 7) is 2.86. The number of nitrogens with zero attached hydrogens (tertiary/aromatic N) is 6. The molecule has 0 spiro atoms. The lowest BCUT2D eigenvalue weighted by atomic mass is 10.1. The van der Waals surface area contributed by atoms with Crippen molar-refractivity contribution in [1.29, 1.82) is 10.5 Å². The molecule has 0 aromatic heterocycles. The highest BCUT2D eigenvalue weighted by Gasteiger charge is 2.35. The molecule has 0 fully saturated rings. The maximum absolute atomic E-state index is 13.7. The summed E-state index contributed by atoms with van der Waals surface area (Å²) in [5.74, 6) is -0.194. The van der Waals surface area contributed by atoms with Crippen molar-refractivity contribution in [3.8, 4) is 12.1 Å². The third-order valence-corrected chi connectivity index (χ3v) is 6.50. The first-order valence-electron chi connectivity index (χ1n) is 12.1. The number of para-hydroxylation sites is 1. The zero-order chi connectivity index (χ0) is 27.9. The maximum atomic E-state index is 13.7. The molecule has 3 aromatic rings. The summed E-state index contributed by atoms with van der Waals surface area (Å²) >= 11 is 6.44. The summed E-state index contributed by atoms with van der Waals surface area (Å²) in [5.41, 5.74) is 3.23. The fourth-order valence-electron chi connectivity index (χ4n) is 4.21. The Bertz CT molecular complexity index is 1550. The number of nitro benzene ring substituents is 1. The standard InChI is InChI=1S/C29H23ClN6O3/c1-20-6-2-3-7-27(20)35-28(24-19-23(36(38)39)12-13-25(24)30)33-26(29(35)37)18-21-8-10-22(11-9-21)34(16-4-14-31)17-5-15-32/h2-3,6-13,18-19H,4-5,16-17H2,1H3/b26-18-. The summed E-state index contributed by atoms with van der Waals surface area (Å²) in [6, 6.07) is 23.0. The van der Waals surface area contributed by atoms with Crippen molar-refractivity contribution < 1.29 is 9.72 Å². The average Bonchev–Trinajstić information content (AvgIpc) is 3.24. The van der Waals surface area contributed by atoms with Gasteiger partial charge >= 0.3 is 0 Å². The summed E-state index contributed by atoms with van der Waals surface area (Å²) in [6.07, 6.45) is 2.31. The molecule has 4 rings (SSSR count). The van der Waals surface area contributed by atoms with Crippen LogP contribution in [0.4, 0.5) is 17.1 Å². The molecule has 0 atom stereocenters. The molecule has 3 aromatic carbocycles. The quantitative estimate of drug-likeness (QED) is 0.186. The molecule has 1 aliphatic rings. The second kappa shape index (κ2) is 12.0. The largest absolute Gasteiger partial charge is 0.369 e. The van der Waals surface area contributed by atoms with Crippen LogP contribution in [-0.2, 0) is 4.79 Å². The van der Waals surface area contributed by atoms with Gasteiger partial charge in [0.1, 0.15) is 11.5 Å². The molecule has 0 N–H and O–H groups in total. The van der Waals surface area contributed by atoms with Crippen molar-refractivity contribution in [3.63, 3.8) is 0 Å². The minimum Gasteiger partial charge on any atom is -0.369 e. The van der Waals surface area contributed by atoms with Crippen molar-refractivity contribution in [1.82, 2.24) is 0 Å². The SMILES string of the molecule is Cc1ccccc1N1C(=O)/C(=C/c2ccc(N(CCC#N)CCC#N)cc2)N=C1c1cc([N+](=O)[O-])ccc1Cl. The molecule has 1 aliphatic heterocycles. The molecule has 194 valence electrons. The van der Waals surface area contributed by atoms with Crippen molar-refractivity contribution in [2.75, 3.05) is 22.9 Å². The molecule has 0 bridgehead atoms. The number of non-ortho nitro benzene ring substituents is 1. The fraction of sp³-hybridized carbons (Fsp3) is 0.172. The number of carbonyl (C=O) groups excluding carboxylic acids is 1. The Kier molecular flexibility index (Phi) is 8.35. The number of anilines is 2. The number of hydrogen-bond donors (Lipinski definition) is 0. The van der Waals surface area contributed by atoms with Crippen molar-refractivity contribution in [2.45, 2.75) is 19.8 Å². The summed E-state index contributed by atoms with van der Waals surface area (Å²) in [5, 5.41) is 29.6. The number of carbonyl (C=O) groups is 1. The molecule has 0 unspecified atom stereocenters. The van der Waals surface area contributed by atoms with Crippen LogP contribution in [0.3, 0.4) is 0 Å². The molecule has 0 saturated carbocycles. The molecule has 10 heteroatoms. The van der Waals surface area contributed by atoms with E-state index in [-0.39, 0.29) is 27.8 Å². The lowest BCUT2D eigenvalue weighted by molar-refractivity contribution is -0.384. The van der Waals surface area contributed by atoms with E-state index in [0.29, 0.717) is 37.2 Å². The minimum absolute atomic E-state index is 0.148. The topological polar surface area (TPSA) is 127 Å². The van der Waals surface area contributed by atoms with Crippen molar-refractivity contribution >= 4 is 46.5 Å². The third-order valence-electron chi connectivity index (χ3n) is 6.17. The summed E-state index contributed by atoms with van der Waals surface area (Å²) in [4.78, 5) is 32.6. The monoisotopic (exact) mass is 538 g/mol. The Morgan fingerprint density at radius 3 is 2.33 bits per heavy atom. The Labute approximate surface area is 230 Å². The van der Waals surface area contributed by atoms with Crippen LogP contribution in [0.2, 0.25) is 5.02 Å². The van der Waals surface area contributed by atoms with Gasteiger partial charge in [0.05, 0.1) is 40.6 Å². The molecule has 9 nitrogen and oxygen atoms in total. The summed E-state index contributed by atoms with van der Waals surface area (Å²) in [7, 11) is 0. The number of aliphatic imine (C=N–C) groups is 1. The molecule has 39 heavy (non-hydrogen) atoms. The molecular weight excluding hydrogens is 516 g/mol. The molecular formula is C29H23ClN6O3. The van der Waals surface area contributed by atoms with Crippen molar-refractivity contribution in [3.05, 3.63) is 104 Å². The van der Waals surface area contributed by atoms with E-state index < -0.39 is 10.8 Å². The first-order valence-corrected chi connectivity index (χ1v) is 12.5. The minimum atomic E-state index is -0.524. The number of halogens is 1. The normalized spacial score (nSPS) is 13.6. The van der Waals surface area contributed by atoms with E-state index in [4.69, 9.17) is 22.1 Å². The van der Waals surface area contributed by atoms with Gasteiger partial charge in [0, 0.05) is 36.5 Å². The number of hydrogen-bond acceptors (Lipinski definition) is 7. The molecule has 0 saturated heterocycles. The van der Waals surface area contributed by atoms with Gasteiger partial charge in [-0.25, -0.2) is 4.99 Å². The number of aryl methyl sites for hydroxylation is 1. The third kappa shape index (κ3) is 5.96. The van der Waals surface area contributed by atoms with E-state index in [1.165, 1.54) is 23.1 Å². The molecule has 0 radical (unpaired) electrons. The van der Waals surface area contributed by atoms with E-state index in [2.05, 4.69) is 17.1 Å². The predicted octanol–water partition coefficient (Wildman–Crippen LogP) is 6.02. The van der Waals surface area contributed by atoms with Gasteiger partial charge in [-0.2, -0.15) is 10.5 Å². The van der Waals surface area contributed by atoms with Gasteiger partial charge in [0.25, 0.3) is 11.6 Å². The number of amidine groups is 1. The molecule has 1 amide bonds. The van der Waals surface area contributed by atoms with Crippen LogP contribution >= 0.6 is 11.6 Å². The van der Waals surface area contributed by atoms with Gasteiger partial charge < -0.3 is 4.90 Å². The van der Waals surface area contributed by atoms with E-state index in [1.54, 1.807) is 18.2 Å². The number of nitro groups is 1. The van der Waals surface area contributed by atoms with Crippen LogP contribution in [0.15, 0.2) is 77.4 Å². The Morgan fingerprint density at radius 1 is 1.05 bits per heavy atom. The number of amides is 1. The second-order valence-electron chi connectivity index (χ2n) is 8.71. The lowest BCUT2D eigenvalue weighted by Gasteiger charge is -2.22. The van der Waals surface area contributed by atoms with Crippen LogP contribution in [0.5, 0.6) is 0 Å². The first-order chi connectivity index (χ1) is 18.8. The highest BCUT2D eigenvalue weighted by Crippen LogP contribution is 2.33. The van der Waals surface area contributed by atoms with Crippen LogP contribution in [0, 0.1) is 39.7 Å². The maximum Gasteiger partial charge on any atom is 0.282 e. The molecule has 0 aliphatic carbocycles. The van der Waals surface area contributed by atoms with Gasteiger partial charge in [-0.1, -0.05) is 41.9 Å². The van der Waals surface area contributed by atoms with Gasteiger partial charge in [0.2, 0.25) is 0 Å². The van der Waals surface area contributed by atoms with Crippen LogP contribution < -0.4 is 9.80 Å². The first kappa shape index (κ1) is 27.1. The van der Waals surface area contributed by atoms with Crippen LogP contribution in [0.1, 0.15) is 29.5 Å². The zero-order valence-corrected chi connectivity index (χ0v) is 21.8. The smallest absolute Gasteiger partial charge is 0.282 e. The fourth-order valence-corrected chi connectivity index (χ4v) is 4.41. The lowest BCUT2D eigenvalue weighted by Crippen LogP contribution is -2.33.